The van der Waals surface area contributed by atoms with Crippen LogP contribution >= 0.6 is 11.8 Å². The molecule has 0 atom stereocenters. The zero-order valence-electron chi connectivity index (χ0n) is 8.38. The number of nitrogens with zero attached hydrogens (tertiary/aromatic N) is 3. The topological polar surface area (TPSA) is 51.8 Å². The van der Waals surface area contributed by atoms with Gasteiger partial charge in [0.15, 0.2) is 5.82 Å². The Morgan fingerprint density at radius 2 is 2.33 bits per heavy atom. The fourth-order valence-electron chi connectivity index (χ4n) is 1.06. The van der Waals surface area contributed by atoms with Gasteiger partial charge in [0.2, 0.25) is 5.89 Å². The molecule has 2 aromatic heterocycles. The van der Waals surface area contributed by atoms with Crippen LogP contribution in [0.3, 0.4) is 0 Å². The van der Waals surface area contributed by atoms with Gasteiger partial charge in [-0.1, -0.05) is 29.9 Å². The largest absolute Gasteiger partial charge is 0.339 e. The molecule has 2 aromatic rings. The highest BCUT2D eigenvalue weighted by Gasteiger charge is 2.04. The summed E-state index contributed by atoms with van der Waals surface area (Å²) >= 11 is 1.60. The molecule has 2 rings (SSSR count). The minimum absolute atomic E-state index is 0.687. The fourth-order valence-corrected chi connectivity index (χ4v) is 1.77. The molecule has 0 unspecified atom stereocenters. The molecule has 78 valence electrons. The van der Waals surface area contributed by atoms with Crippen LogP contribution < -0.4 is 0 Å². The van der Waals surface area contributed by atoms with Crippen LogP contribution in [0.5, 0.6) is 0 Å². The van der Waals surface area contributed by atoms with E-state index in [1.54, 1.807) is 18.0 Å². The molecule has 0 fully saturated rings. The first-order chi connectivity index (χ1) is 7.38. The van der Waals surface area contributed by atoms with Crippen molar-refractivity contribution in [1.29, 1.82) is 0 Å². The van der Waals surface area contributed by atoms with Gasteiger partial charge in [-0.2, -0.15) is 4.98 Å². The number of hydrogen-bond donors (Lipinski definition) is 0. The van der Waals surface area contributed by atoms with Gasteiger partial charge in [0, 0.05) is 12.6 Å². The second kappa shape index (κ2) is 4.93. The number of hydrogen-bond acceptors (Lipinski definition) is 5. The highest BCUT2D eigenvalue weighted by Crippen LogP contribution is 2.18. The SMILES string of the molecule is CCc1nc(CSc2ccccn2)no1. The van der Waals surface area contributed by atoms with Crippen molar-refractivity contribution in [2.45, 2.75) is 24.1 Å². The van der Waals surface area contributed by atoms with Crippen LogP contribution in [-0.4, -0.2) is 15.1 Å². The normalized spacial score (nSPS) is 10.5. The van der Waals surface area contributed by atoms with E-state index in [1.165, 1.54) is 0 Å². The predicted octanol–water partition coefficient (Wildman–Crippen LogP) is 2.32. The molecule has 0 aliphatic heterocycles. The van der Waals surface area contributed by atoms with E-state index in [-0.39, 0.29) is 0 Å². The lowest BCUT2D eigenvalue weighted by molar-refractivity contribution is 0.378. The summed E-state index contributed by atoms with van der Waals surface area (Å²) in [6.45, 7) is 1.99. The van der Waals surface area contributed by atoms with Crippen LogP contribution in [0.15, 0.2) is 33.9 Å². The summed E-state index contributed by atoms with van der Waals surface area (Å²) in [6.07, 6.45) is 2.55. The van der Waals surface area contributed by atoms with E-state index in [9.17, 15) is 0 Å². The Balaban J connectivity index is 1.93. The van der Waals surface area contributed by atoms with Crippen LogP contribution in [0.1, 0.15) is 18.6 Å². The molecular formula is C10H11N3OS. The third kappa shape index (κ3) is 2.79. The lowest BCUT2D eigenvalue weighted by Crippen LogP contribution is -1.86. The van der Waals surface area contributed by atoms with Crippen molar-refractivity contribution in [2.24, 2.45) is 0 Å². The monoisotopic (exact) mass is 221 g/mol. The Morgan fingerprint density at radius 3 is 3.00 bits per heavy atom. The molecular weight excluding hydrogens is 210 g/mol. The molecule has 0 amide bonds. The van der Waals surface area contributed by atoms with Crippen LogP contribution in [0.4, 0.5) is 0 Å². The summed E-state index contributed by atoms with van der Waals surface area (Å²) in [7, 11) is 0. The zero-order chi connectivity index (χ0) is 10.5. The van der Waals surface area contributed by atoms with Gasteiger partial charge in [-0.15, -0.1) is 0 Å². The summed E-state index contributed by atoms with van der Waals surface area (Å²) in [6, 6.07) is 5.82. The van der Waals surface area contributed by atoms with E-state index in [4.69, 9.17) is 4.52 Å². The molecule has 4 nitrogen and oxygen atoms in total. The Bertz CT molecular complexity index is 416. The molecule has 15 heavy (non-hydrogen) atoms. The molecule has 0 saturated carbocycles. The molecule has 2 heterocycles. The highest BCUT2D eigenvalue weighted by atomic mass is 32.2. The first-order valence-electron chi connectivity index (χ1n) is 4.74. The van der Waals surface area contributed by atoms with Crippen LogP contribution in [0.25, 0.3) is 0 Å². The molecule has 0 aliphatic carbocycles. The minimum atomic E-state index is 0.687. The van der Waals surface area contributed by atoms with Gasteiger partial charge in [0.25, 0.3) is 0 Å². The van der Waals surface area contributed by atoms with Gasteiger partial charge in [0.1, 0.15) is 0 Å². The van der Waals surface area contributed by atoms with Crippen molar-refractivity contribution in [2.75, 3.05) is 0 Å². The summed E-state index contributed by atoms with van der Waals surface area (Å²) in [4.78, 5) is 8.41. The third-order valence-electron chi connectivity index (χ3n) is 1.80. The Labute approximate surface area is 92.1 Å². The van der Waals surface area contributed by atoms with Crippen molar-refractivity contribution in [1.82, 2.24) is 15.1 Å². The molecule has 0 radical (unpaired) electrons. The average molecular weight is 221 g/mol. The maximum Gasteiger partial charge on any atom is 0.226 e. The highest BCUT2D eigenvalue weighted by molar-refractivity contribution is 7.98. The lowest BCUT2D eigenvalue weighted by atomic mass is 10.5. The average Bonchev–Trinajstić information content (AvgIpc) is 2.76. The summed E-state index contributed by atoms with van der Waals surface area (Å²) in [5, 5.41) is 4.84. The van der Waals surface area contributed by atoms with Crippen LogP contribution in [-0.2, 0) is 12.2 Å². The quantitative estimate of drug-likeness (QED) is 0.741. The van der Waals surface area contributed by atoms with E-state index >= 15 is 0 Å². The predicted molar refractivity (Wildman–Crippen MR) is 57.5 cm³/mol. The number of thioether (sulfide) groups is 1. The van der Waals surface area contributed by atoms with Gasteiger partial charge < -0.3 is 4.52 Å². The lowest BCUT2D eigenvalue weighted by Gasteiger charge is -1.94. The van der Waals surface area contributed by atoms with E-state index in [1.807, 2.05) is 25.1 Å². The second-order valence-corrected chi connectivity index (χ2v) is 3.91. The van der Waals surface area contributed by atoms with E-state index in [0.717, 1.165) is 17.3 Å². The molecule has 0 spiro atoms. The maximum absolute atomic E-state index is 5.01. The number of aryl methyl sites for hydroxylation is 1. The molecule has 0 aliphatic rings. The van der Waals surface area contributed by atoms with Gasteiger partial charge in [-0.05, 0) is 12.1 Å². The van der Waals surface area contributed by atoms with E-state index in [0.29, 0.717) is 11.6 Å². The summed E-state index contributed by atoms with van der Waals surface area (Å²) < 4.78 is 5.01. The Kier molecular flexibility index (Phi) is 3.34. The number of rotatable bonds is 4. The Morgan fingerprint density at radius 1 is 1.40 bits per heavy atom. The van der Waals surface area contributed by atoms with Crippen LogP contribution in [0.2, 0.25) is 0 Å². The third-order valence-corrected chi connectivity index (χ3v) is 2.74. The van der Waals surface area contributed by atoms with Crippen molar-refractivity contribution < 1.29 is 4.52 Å². The summed E-state index contributed by atoms with van der Waals surface area (Å²) in [5.74, 6) is 2.11. The molecule has 5 heteroatoms. The van der Waals surface area contributed by atoms with E-state index in [2.05, 4.69) is 15.1 Å². The van der Waals surface area contributed by atoms with Crippen molar-refractivity contribution in [3.05, 3.63) is 36.1 Å². The maximum atomic E-state index is 5.01. The first kappa shape index (κ1) is 10.2. The van der Waals surface area contributed by atoms with E-state index < -0.39 is 0 Å². The summed E-state index contributed by atoms with van der Waals surface area (Å²) in [5.41, 5.74) is 0. The van der Waals surface area contributed by atoms with Gasteiger partial charge in [0.05, 0.1) is 10.8 Å². The van der Waals surface area contributed by atoms with Crippen molar-refractivity contribution in [3.63, 3.8) is 0 Å². The molecule has 0 aromatic carbocycles. The molecule has 0 N–H and O–H groups in total. The van der Waals surface area contributed by atoms with Gasteiger partial charge in [-0.25, -0.2) is 4.98 Å². The molecule has 0 bridgehead atoms. The second-order valence-electron chi connectivity index (χ2n) is 2.91. The molecule has 0 saturated heterocycles. The van der Waals surface area contributed by atoms with Crippen molar-refractivity contribution in [3.8, 4) is 0 Å². The standard InChI is InChI=1S/C10H11N3OS/c1-2-9-12-8(13-14-9)7-15-10-5-3-4-6-11-10/h3-6H,2,7H2,1H3. The first-order valence-corrected chi connectivity index (χ1v) is 5.72. The van der Waals surface area contributed by atoms with Crippen LogP contribution in [0, 0.1) is 0 Å². The Hall–Kier alpha value is -1.36. The van der Waals surface area contributed by atoms with Crippen molar-refractivity contribution >= 4 is 11.8 Å². The van der Waals surface area contributed by atoms with Gasteiger partial charge >= 0.3 is 0 Å². The number of pyridine rings is 1. The fraction of sp³-hybridized carbons (Fsp3) is 0.300. The zero-order valence-corrected chi connectivity index (χ0v) is 9.20. The smallest absolute Gasteiger partial charge is 0.226 e. The number of aromatic nitrogens is 3. The minimum Gasteiger partial charge on any atom is -0.339 e. The van der Waals surface area contributed by atoms with Gasteiger partial charge in [-0.3, -0.25) is 0 Å².